The molecule has 3 rings (SSSR count). The zero-order chi connectivity index (χ0) is 12.8. The number of carboxylic acids is 1. The Balaban J connectivity index is 1.57. The largest absolute Gasteiger partial charge is 0.481 e. The molecule has 18 heavy (non-hydrogen) atoms. The van der Waals surface area contributed by atoms with Gasteiger partial charge in [0.15, 0.2) is 0 Å². The van der Waals surface area contributed by atoms with Crippen LogP contribution < -0.4 is 5.09 Å². The van der Waals surface area contributed by atoms with Gasteiger partial charge >= 0.3 is 5.97 Å². The molecule has 2 saturated heterocycles. The van der Waals surface area contributed by atoms with E-state index in [1.54, 1.807) is 0 Å². The molecule has 2 heterocycles. The first kappa shape index (κ1) is 13.0. The topological polar surface area (TPSA) is 55.3 Å². The smallest absolute Gasteiger partial charge is 0.306 e. The lowest BCUT2D eigenvalue weighted by Crippen LogP contribution is -2.36. The van der Waals surface area contributed by atoms with Crippen LogP contribution in [0.2, 0.25) is 0 Å². The van der Waals surface area contributed by atoms with Crippen molar-refractivity contribution in [3.8, 4) is 0 Å². The molecule has 0 amide bonds. The summed E-state index contributed by atoms with van der Waals surface area (Å²) in [6, 6.07) is 0.424. The molecule has 0 bridgehead atoms. The maximum absolute atomic E-state index is 10.9. The summed E-state index contributed by atoms with van der Waals surface area (Å²) in [5.41, 5.74) is 0. The van der Waals surface area contributed by atoms with E-state index in [1.807, 2.05) is 0 Å². The van der Waals surface area contributed by atoms with Crippen LogP contribution in [0.1, 0.15) is 25.7 Å². The summed E-state index contributed by atoms with van der Waals surface area (Å²) < 4.78 is 4.78. The Hall–Kier alpha value is -0.0000000000000000694. The molecular formula is C11H20N3O2PS. The highest BCUT2D eigenvalue weighted by atomic mass is 32.4. The molecule has 7 heteroatoms. The highest BCUT2D eigenvalue weighted by Gasteiger charge is 2.45. The van der Waals surface area contributed by atoms with Gasteiger partial charge in [0, 0.05) is 32.2 Å². The first-order valence-corrected chi connectivity index (χ1v) is 9.42. The Labute approximate surface area is 113 Å². The number of hydrogen-bond donors (Lipinski definition) is 2. The lowest BCUT2D eigenvalue weighted by molar-refractivity contribution is -0.142. The number of nitrogens with zero attached hydrogens (tertiary/aromatic N) is 2. The van der Waals surface area contributed by atoms with Crippen LogP contribution in [-0.2, 0) is 16.6 Å². The maximum atomic E-state index is 10.9. The van der Waals surface area contributed by atoms with Crippen LogP contribution in [0, 0.1) is 5.92 Å². The third kappa shape index (κ3) is 2.63. The van der Waals surface area contributed by atoms with Crippen LogP contribution in [0.4, 0.5) is 0 Å². The molecule has 3 fully saturated rings. The Morgan fingerprint density at radius 2 is 1.61 bits per heavy atom. The van der Waals surface area contributed by atoms with E-state index in [2.05, 4.69) is 14.4 Å². The molecule has 0 radical (unpaired) electrons. The van der Waals surface area contributed by atoms with Gasteiger partial charge in [-0.15, -0.1) is 0 Å². The minimum Gasteiger partial charge on any atom is -0.481 e. The van der Waals surface area contributed by atoms with E-state index in [4.69, 9.17) is 16.9 Å². The summed E-state index contributed by atoms with van der Waals surface area (Å²) in [7, 11) is 0. The molecule has 0 spiro atoms. The fourth-order valence-corrected chi connectivity index (χ4v) is 6.79. The number of rotatable bonds is 5. The summed E-state index contributed by atoms with van der Waals surface area (Å²) in [5.74, 6) is -0.770. The zero-order valence-electron chi connectivity index (χ0n) is 10.4. The number of hydrogen-bond acceptors (Lipinski definition) is 2. The van der Waals surface area contributed by atoms with E-state index in [-0.39, 0.29) is 5.92 Å². The molecular weight excluding hydrogens is 269 g/mol. The fourth-order valence-electron chi connectivity index (χ4n) is 2.68. The summed E-state index contributed by atoms with van der Waals surface area (Å²) in [6.07, 6.45) is 3.50. The van der Waals surface area contributed by atoms with Crippen molar-refractivity contribution in [3.63, 3.8) is 0 Å². The highest BCUT2D eigenvalue weighted by molar-refractivity contribution is 8.11. The molecule has 5 nitrogen and oxygen atoms in total. The van der Waals surface area contributed by atoms with Gasteiger partial charge in [0.1, 0.15) is 6.49 Å². The number of carbonyl (C=O) groups is 1. The average molecular weight is 289 g/mol. The predicted molar refractivity (Wildman–Crippen MR) is 73.9 cm³/mol. The standard InChI is InChI=1S/C11H20N3O2PS/c15-11(16)9-1-3-10(4-2-9)12-17(18,13-5-6-13)14-7-8-14/h9-10H,1-8H2,(H,12,18)(H,15,16). The Morgan fingerprint density at radius 1 is 1.11 bits per heavy atom. The van der Waals surface area contributed by atoms with Crippen molar-refractivity contribution in [2.75, 3.05) is 26.2 Å². The molecule has 0 unspecified atom stereocenters. The Bertz CT molecular complexity index is 374. The van der Waals surface area contributed by atoms with Crippen molar-refractivity contribution < 1.29 is 9.90 Å². The summed E-state index contributed by atoms with van der Waals surface area (Å²) in [6.45, 7) is 2.87. The summed E-state index contributed by atoms with van der Waals surface area (Å²) >= 11 is 5.87. The number of aliphatic carboxylic acids is 1. The Kier molecular flexibility index (Phi) is 3.49. The van der Waals surface area contributed by atoms with E-state index >= 15 is 0 Å². The zero-order valence-corrected chi connectivity index (χ0v) is 12.1. The molecule has 102 valence electrons. The van der Waals surface area contributed by atoms with Gasteiger partial charge in [-0.2, -0.15) is 0 Å². The second kappa shape index (κ2) is 4.84. The fraction of sp³-hybridized carbons (Fsp3) is 0.909. The molecule has 2 N–H and O–H groups in total. The summed E-state index contributed by atoms with van der Waals surface area (Å²) in [5, 5.41) is 12.7. The molecule has 0 aromatic heterocycles. The van der Waals surface area contributed by atoms with Crippen LogP contribution >= 0.6 is 6.49 Å². The van der Waals surface area contributed by atoms with E-state index in [0.29, 0.717) is 6.04 Å². The third-order valence-electron chi connectivity index (χ3n) is 4.04. The van der Waals surface area contributed by atoms with E-state index in [1.165, 1.54) is 0 Å². The molecule has 2 aliphatic heterocycles. The quantitative estimate of drug-likeness (QED) is 0.583. The first-order chi connectivity index (χ1) is 8.59. The molecule has 3 aliphatic rings. The number of carboxylic acid groups (broad SMARTS) is 1. The van der Waals surface area contributed by atoms with E-state index < -0.39 is 12.5 Å². The van der Waals surface area contributed by atoms with Crippen molar-refractivity contribution in [3.05, 3.63) is 0 Å². The van der Waals surface area contributed by atoms with Crippen LogP contribution in [0.15, 0.2) is 0 Å². The van der Waals surface area contributed by atoms with Gasteiger partial charge < -0.3 is 5.11 Å². The molecule has 1 saturated carbocycles. The summed E-state index contributed by atoms with van der Waals surface area (Å²) in [4.78, 5) is 10.9. The van der Waals surface area contributed by atoms with Crippen LogP contribution in [0.5, 0.6) is 0 Å². The van der Waals surface area contributed by atoms with Gasteiger partial charge in [0.2, 0.25) is 0 Å². The van der Waals surface area contributed by atoms with Crippen LogP contribution in [-0.4, -0.2) is 52.6 Å². The molecule has 0 aromatic carbocycles. The second-order valence-corrected chi connectivity index (χ2v) is 9.47. The predicted octanol–water partition coefficient (Wildman–Crippen LogP) is 1.08. The van der Waals surface area contributed by atoms with E-state index in [9.17, 15) is 4.79 Å². The van der Waals surface area contributed by atoms with Gasteiger partial charge in [-0.3, -0.25) is 9.88 Å². The maximum Gasteiger partial charge on any atom is 0.306 e. The molecule has 0 aromatic rings. The lowest BCUT2D eigenvalue weighted by atomic mass is 9.87. The van der Waals surface area contributed by atoms with Crippen molar-refractivity contribution in [2.45, 2.75) is 31.7 Å². The normalized spacial score (nSPS) is 33.3. The number of nitrogens with one attached hydrogen (secondary N) is 1. The third-order valence-corrected chi connectivity index (χ3v) is 8.78. The van der Waals surface area contributed by atoms with Crippen LogP contribution in [0.3, 0.4) is 0 Å². The molecule has 1 aliphatic carbocycles. The van der Waals surface area contributed by atoms with Gasteiger partial charge in [-0.1, -0.05) is 0 Å². The van der Waals surface area contributed by atoms with E-state index in [0.717, 1.165) is 51.9 Å². The van der Waals surface area contributed by atoms with Crippen molar-refractivity contribution in [1.82, 2.24) is 14.4 Å². The Morgan fingerprint density at radius 3 is 2.00 bits per heavy atom. The van der Waals surface area contributed by atoms with Crippen molar-refractivity contribution in [2.24, 2.45) is 5.92 Å². The van der Waals surface area contributed by atoms with Crippen LogP contribution in [0.25, 0.3) is 0 Å². The first-order valence-electron chi connectivity index (χ1n) is 6.71. The lowest BCUT2D eigenvalue weighted by Gasteiger charge is -2.34. The van der Waals surface area contributed by atoms with Crippen molar-refractivity contribution >= 4 is 24.3 Å². The average Bonchev–Trinajstić information content (AvgIpc) is 3.18. The van der Waals surface area contributed by atoms with Gasteiger partial charge in [-0.05, 0) is 37.5 Å². The van der Waals surface area contributed by atoms with Gasteiger partial charge in [0.25, 0.3) is 0 Å². The minimum absolute atomic E-state index is 0.136. The monoisotopic (exact) mass is 289 g/mol. The SMILES string of the molecule is O=C(O)C1CCC(NP(=S)(N2CC2)N2CC2)CC1. The molecule has 0 atom stereocenters. The van der Waals surface area contributed by atoms with Crippen molar-refractivity contribution in [1.29, 1.82) is 0 Å². The minimum atomic E-state index is -1.65. The van der Waals surface area contributed by atoms with Gasteiger partial charge in [-0.25, -0.2) is 9.34 Å². The van der Waals surface area contributed by atoms with Gasteiger partial charge in [0.05, 0.1) is 5.92 Å². The second-order valence-electron chi connectivity index (χ2n) is 5.47. The highest BCUT2D eigenvalue weighted by Crippen LogP contribution is 2.58.